The Morgan fingerprint density at radius 3 is 2.66 bits per heavy atom. The third-order valence-electron chi connectivity index (χ3n) is 4.95. The molecule has 2 aromatic rings. The summed E-state index contributed by atoms with van der Waals surface area (Å²) in [6.45, 7) is 6.50. The average molecular weight is 468 g/mol. The molecule has 0 N–H and O–H groups in total. The zero-order valence-electron chi connectivity index (χ0n) is 16.9. The van der Waals surface area contributed by atoms with E-state index in [9.17, 15) is 9.59 Å². The van der Waals surface area contributed by atoms with Crippen LogP contribution in [0.25, 0.3) is 11.0 Å². The minimum absolute atomic E-state index is 0.00698. The van der Waals surface area contributed by atoms with Gasteiger partial charge >= 0.3 is 12.1 Å². The molecular weight excluding hydrogens is 442 g/mol. The zero-order valence-corrected chi connectivity index (χ0v) is 18.5. The first kappa shape index (κ1) is 21.6. The molecule has 0 radical (unpaired) electrons. The fourth-order valence-electron chi connectivity index (χ4n) is 3.63. The Hall–Kier alpha value is -2.06. The number of nitrogens with zero attached hydrogens (tertiary/aromatic N) is 1. The predicted octanol–water partition coefficient (Wildman–Crippen LogP) is 5.29. The number of ether oxygens (including phenoxy) is 3. The summed E-state index contributed by atoms with van der Waals surface area (Å²) in [4.78, 5) is 27.3. The number of anilines is 1. The van der Waals surface area contributed by atoms with E-state index in [0.717, 1.165) is 10.9 Å². The van der Waals surface area contributed by atoms with E-state index in [1.165, 1.54) is 0 Å². The van der Waals surface area contributed by atoms with Crippen LogP contribution in [-0.2, 0) is 14.2 Å². The fraction of sp³-hybridized carbons (Fsp3) is 0.524. The Kier molecular flexibility index (Phi) is 7.18. The number of fused-ring (bicyclic) bond motifs is 1. The molecule has 0 saturated carbocycles. The number of rotatable bonds is 6. The molecule has 1 aliphatic rings. The molecule has 1 saturated heterocycles. The van der Waals surface area contributed by atoms with Crippen LogP contribution in [0, 0.1) is 0 Å². The first-order valence-electron chi connectivity index (χ1n) is 9.96. The van der Waals surface area contributed by atoms with Gasteiger partial charge in [0.1, 0.15) is 11.3 Å². The molecule has 7 nitrogen and oxygen atoms in total. The number of amides is 1. The maximum Gasteiger partial charge on any atom is 0.414 e. The molecule has 0 unspecified atom stereocenters. The first-order valence-corrected chi connectivity index (χ1v) is 10.8. The second-order valence-corrected chi connectivity index (χ2v) is 7.70. The van der Waals surface area contributed by atoms with Crippen molar-refractivity contribution in [2.75, 3.05) is 24.7 Å². The van der Waals surface area contributed by atoms with Crippen molar-refractivity contribution < 1.29 is 28.2 Å². The summed E-state index contributed by atoms with van der Waals surface area (Å²) >= 11 is 3.46. The minimum Gasteiger partial charge on any atom is -0.460 e. The van der Waals surface area contributed by atoms with Crippen LogP contribution in [0.4, 0.5) is 10.5 Å². The summed E-state index contributed by atoms with van der Waals surface area (Å²) in [5.74, 6) is -0.601. The van der Waals surface area contributed by atoms with E-state index in [1.807, 2.05) is 12.1 Å². The zero-order chi connectivity index (χ0) is 21.0. The average Bonchev–Trinajstić information content (AvgIpc) is 3.07. The van der Waals surface area contributed by atoms with Gasteiger partial charge in [-0.15, -0.1) is 0 Å². The summed E-state index contributed by atoms with van der Waals surface area (Å²) < 4.78 is 23.0. The highest BCUT2D eigenvalue weighted by Gasteiger charge is 2.37. The topological polar surface area (TPSA) is 78.2 Å². The minimum atomic E-state index is -0.608. The number of carbonyl (C=O) groups is 2. The smallest absolute Gasteiger partial charge is 0.414 e. The highest BCUT2D eigenvalue weighted by Crippen LogP contribution is 2.39. The van der Waals surface area contributed by atoms with Gasteiger partial charge in [-0.1, -0.05) is 22.9 Å². The van der Waals surface area contributed by atoms with Gasteiger partial charge in [-0.05, 0) is 51.3 Å². The number of esters is 1. The fourth-order valence-corrected chi connectivity index (χ4v) is 3.99. The lowest BCUT2D eigenvalue weighted by Crippen LogP contribution is -2.46. The lowest BCUT2D eigenvalue weighted by Gasteiger charge is -2.36. The van der Waals surface area contributed by atoms with Gasteiger partial charge in [0.15, 0.2) is 0 Å². The van der Waals surface area contributed by atoms with Crippen LogP contribution in [0.15, 0.2) is 27.1 Å². The van der Waals surface area contributed by atoms with E-state index in [0.29, 0.717) is 36.1 Å². The molecule has 0 spiro atoms. The molecule has 2 atom stereocenters. The van der Waals surface area contributed by atoms with Crippen molar-refractivity contribution in [1.29, 1.82) is 0 Å². The summed E-state index contributed by atoms with van der Waals surface area (Å²) in [6, 6.07) is 5.23. The van der Waals surface area contributed by atoms with E-state index in [-0.39, 0.29) is 31.1 Å². The third-order valence-corrected chi connectivity index (χ3v) is 5.44. The number of hydrogen-bond acceptors (Lipinski definition) is 6. The van der Waals surface area contributed by atoms with Gasteiger partial charge in [-0.2, -0.15) is 0 Å². The van der Waals surface area contributed by atoms with Gasteiger partial charge in [0.05, 0.1) is 19.3 Å². The molecule has 29 heavy (non-hydrogen) atoms. The second kappa shape index (κ2) is 9.63. The van der Waals surface area contributed by atoms with Gasteiger partial charge in [0.25, 0.3) is 0 Å². The Morgan fingerprint density at radius 1 is 1.21 bits per heavy atom. The predicted molar refractivity (Wildman–Crippen MR) is 112 cm³/mol. The van der Waals surface area contributed by atoms with Gasteiger partial charge in [0.2, 0.25) is 5.76 Å². The van der Waals surface area contributed by atoms with Gasteiger partial charge < -0.3 is 18.6 Å². The van der Waals surface area contributed by atoms with Gasteiger partial charge in [-0.25, -0.2) is 9.59 Å². The largest absolute Gasteiger partial charge is 0.460 e. The molecule has 0 bridgehead atoms. The van der Waals surface area contributed by atoms with Crippen LogP contribution in [0.3, 0.4) is 0 Å². The highest BCUT2D eigenvalue weighted by atomic mass is 79.9. The Labute approximate surface area is 178 Å². The van der Waals surface area contributed by atoms with E-state index in [1.54, 1.807) is 24.8 Å². The summed E-state index contributed by atoms with van der Waals surface area (Å²) in [5, 5.41) is 0.648. The van der Waals surface area contributed by atoms with Crippen molar-refractivity contribution in [3.8, 4) is 0 Å². The lowest BCUT2D eigenvalue weighted by molar-refractivity contribution is 0.00465. The van der Waals surface area contributed by atoms with E-state index < -0.39 is 12.1 Å². The van der Waals surface area contributed by atoms with Crippen LogP contribution in [-0.4, -0.2) is 44.0 Å². The molecule has 0 aliphatic carbocycles. The molecule has 1 aromatic heterocycles. The molecule has 158 valence electrons. The van der Waals surface area contributed by atoms with E-state index in [2.05, 4.69) is 22.9 Å². The number of furan rings is 1. The van der Waals surface area contributed by atoms with Crippen LogP contribution in [0.2, 0.25) is 0 Å². The standard InChI is InChI=1S/C21H26BrNO6/c1-4-15-12-14(9-10-28-15)23(21(25)27-6-3)18-16-11-13(22)7-8-17(16)29-19(18)20(24)26-5-2/h7-8,11,14-15H,4-6,9-10,12H2,1-3H3/t14-,15-/m0/s1. The van der Waals surface area contributed by atoms with Gasteiger partial charge in [0, 0.05) is 22.5 Å². The summed E-state index contributed by atoms with van der Waals surface area (Å²) in [6.07, 6.45) is 1.66. The van der Waals surface area contributed by atoms with Crippen molar-refractivity contribution in [3.63, 3.8) is 0 Å². The maximum absolute atomic E-state index is 13.1. The molecule has 1 amide bonds. The van der Waals surface area contributed by atoms with Crippen molar-refractivity contribution in [1.82, 2.24) is 0 Å². The van der Waals surface area contributed by atoms with Crippen molar-refractivity contribution in [2.24, 2.45) is 0 Å². The van der Waals surface area contributed by atoms with Crippen LogP contribution in [0.1, 0.15) is 50.6 Å². The van der Waals surface area contributed by atoms with Crippen molar-refractivity contribution in [2.45, 2.75) is 52.2 Å². The number of benzene rings is 1. The monoisotopic (exact) mass is 467 g/mol. The maximum atomic E-state index is 13.1. The normalized spacial score (nSPS) is 19.2. The number of hydrogen-bond donors (Lipinski definition) is 0. The van der Waals surface area contributed by atoms with Crippen LogP contribution >= 0.6 is 15.9 Å². The summed E-state index contributed by atoms with van der Waals surface area (Å²) in [7, 11) is 0. The van der Waals surface area contributed by atoms with Gasteiger partial charge in [-0.3, -0.25) is 4.90 Å². The molecule has 1 aromatic carbocycles. The number of halogens is 1. The Balaban J connectivity index is 2.17. The third kappa shape index (κ3) is 4.59. The van der Waals surface area contributed by atoms with E-state index in [4.69, 9.17) is 18.6 Å². The summed E-state index contributed by atoms with van der Waals surface area (Å²) in [5.41, 5.74) is 0.889. The van der Waals surface area contributed by atoms with Crippen molar-refractivity contribution in [3.05, 3.63) is 28.4 Å². The van der Waals surface area contributed by atoms with Crippen molar-refractivity contribution >= 4 is 44.6 Å². The van der Waals surface area contributed by atoms with Crippen LogP contribution < -0.4 is 4.90 Å². The molecule has 1 fully saturated rings. The van der Waals surface area contributed by atoms with E-state index >= 15 is 0 Å². The Bertz CT molecular complexity index is 879. The molecule has 3 rings (SSSR count). The first-order chi connectivity index (χ1) is 14.0. The molecule has 2 heterocycles. The SMILES string of the molecule is CCOC(=O)c1oc2ccc(Br)cc2c1N(C(=O)OCC)[C@H]1CCO[C@@H](CC)C1. The molecule has 1 aliphatic heterocycles. The second-order valence-electron chi connectivity index (χ2n) is 6.79. The number of carbonyl (C=O) groups excluding carboxylic acids is 2. The quantitative estimate of drug-likeness (QED) is 0.536. The van der Waals surface area contributed by atoms with Crippen LogP contribution in [0.5, 0.6) is 0 Å². The molecule has 8 heteroatoms. The lowest BCUT2D eigenvalue weighted by atomic mass is 9.99. The highest BCUT2D eigenvalue weighted by molar-refractivity contribution is 9.10. The molecular formula is C21H26BrNO6. The Morgan fingerprint density at radius 2 is 1.97 bits per heavy atom.